The molecule has 0 saturated carbocycles. The van der Waals surface area contributed by atoms with E-state index in [0.717, 1.165) is 19.5 Å². The molecule has 164 valence electrons. The number of fused-ring (bicyclic) bond motifs is 1. The number of halogens is 1. The molecule has 9 nitrogen and oxygen atoms in total. The highest BCUT2D eigenvalue weighted by molar-refractivity contribution is 5.98. The summed E-state index contributed by atoms with van der Waals surface area (Å²) in [6, 6.07) is 6.17. The van der Waals surface area contributed by atoms with Gasteiger partial charge in [-0.25, -0.2) is 14.4 Å². The molecule has 6 N–H and O–H groups in total. The number of piperidine rings is 1. The van der Waals surface area contributed by atoms with Gasteiger partial charge in [-0.05, 0) is 36.9 Å². The number of likely N-dealkylation sites (tertiary alicyclic amines) is 1. The second kappa shape index (κ2) is 8.69. The quantitative estimate of drug-likeness (QED) is 0.425. The fourth-order valence-corrected chi connectivity index (χ4v) is 4.36. The van der Waals surface area contributed by atoms with Crippen molar-refractivity contribution in [3.63, 3.8) is 0 Å². The second-order valence-electron chi connectivity index (χ2n) is 8.24. The first-order valence-electron chi connectivity index (χ1n) is 10.4. The van der Waals surface area contributed by atoms with Crippen molar-refractivity contribution in [3.05, 3.63) is 46.3 Å². The van der Waals surface area contributed by atoms with Crippen LogP contribution < -0.4 is 22.1 Å². The maximum atomic E-state index is 15.1. The maximum Gasteiger partial charge on any atom is 0.211 e. The largest absolute Gasteiger partial charge is 0.397 e. The van der Waals surface area contributed by atoms with Crippen molar-refractivity contribution in [2.45, 2.75) is 32.4 Å². The van der Waals surface area contributed by atoms with Crippen LogP contribution in [0.25, 0.3) is 0 Å². The highest BCUT2D eigenvalue weighted by atomic mass is 19.1. The average molecular weight is 433 g/mol. The number of nitrogens with two attached hydrogens (primary N) is 2. The van der Waals surface area contributed by atoms with E-state index >= 15 is 4.39 Å². The van der Waals surface area contributed by atoms with Gasteiger partial charge < -0.3 is 16.8 Å². The standard InChI is InChI=1S/C22H24FN9/c1-12-3-2-6-32(9-12)10-14-5-4-13(7-16(14)23)19-17-18(26)15(8-24)20(27)30-21(17)31-22(29-19)28-11-25/h4-5,7,12,19H,2-3,6,9-10H2,1H3,(H6,26,27,28,29,30,31). The summed E-state index contributed by atoms with van der Waals surface area (Å²) in [5, 5.41) is 23.7. The van der Waals surface area contributed by atoms with Gasteiger partial charge in [0.25, 0.3) is 0 Å². The Bertz CT molecular complexity index is 1160. The molecular formula is C22H24FN9. The minimum absolute atomic E-state index is 0.0366. The number of nitriles is 2. The molecule has 0 aliphatic carbocycles. The molecule has 0 spiro atoms. The van der Waals surface area contributed by atoms with Crippen LogP contribution in [0.1, 0.15) is 48.1 Å². The summed E-state index contributed by atoms with van der Waals surface area (Å²) in [5.41, 5.74) is 13.8. The Labute approximate surface area is 185 Å². The highest BCUT2D eigenvalue weighted by Gasteiger charge is 2.30. The van der Waals surface area contributed by atoms with E-state index in [9.17, 15) is 5.26 Å². The Hall–Kier alpha value is -3.89. The molecule has 1 fully saturated rings. The van der Waals surface area contributed by atoms with E-state index in [1.165, 1.54) is 12.5 Å². The number of pyridine rings is 1. The summed E-state index contributed by atoms with van der Waals surface area (Å²) in [7, 11) is 0. The summed E-state index contributed by atoms with van der Waals surface area (Å²) >= 11 is 0. The Morgan fingerprint density at radius 3 is 2.84 bits per heavy atom. The number of nitrogen functional groups attached to an aromatic ring is 2. The zero-order chi connectivity index (χ0) is 22.8. The molecule has 2 aromatic rings. The van der Waals surface area contributed by atoms with E-state index in [4.69, 9.17) is 16.7 Å². The van der Waals surface area contributed by atoms with Crippen molar-refractivity contribution in [2.24, 2.45) is 10.9 Å². The first-order chi connectivity index (χ1) is 15.4. The van der Waals surface area contributed by atoms with Crippen molar-refractivity contribution in [1.29, 1.82) is 10.5 Å². The van der Waals surface area contributed by atoms with E-state index in [2.05, 4.69) is 32.4 Å². The molecule has 3 heterocycles. The number of hydrogen-bond donors (Lipinski definition) is 4. The molecule has 4 rings (SSSR count). The molecule has 1 aromatic heterocycles. The number of aromatic nitrogens is 1. The van der Waals surface area contributed by atoms with Crippen molar-refractivity contribution < 1.29 is 4.39 Å². The molecule has 1 aromatic carbocycles. The van der Waals surface area contributed by atoms with Crippen molar-refractivity contribution >= 4 is 23.3 Å². The minimum atomic E-state index is -0.763. The van der Waals surface area contributed by atoms with E-state index in [1.807, 2.05) is 6.07 Å². The lowest BCUT2D eigenvalue weighted by atomic mass is 9.94. The average Bonchev–Trinajstić information content (AvgIpc) is 2.75. The van der Waals surface area contributed by atoms with Gasteiger partial charge in [-0.1, -0.05) is 19.1 Å². The number of aliphatic imine (C=N–C) groups is 1. The third-order valence-corrected chi connectivity index (χ3v) is 5.89. The third kappa shape index (κ3) is 4.01. The highest BCUT2D eigenvalue weighted by Crippen LogP contribution is 2.40. The van der Waals surface area contributed by atoms with Crippen molar-refractivity contribution in [3.8, 4) is 12.3 Å². The van der Waals surface area contributed by atoms with Crippen LogP contribution in [-0.4, -0.2) is 28.9 Å². The number of guanidine groups is 1. The van der Waals surface area contributed by atoms with Crippen molar-refractivity contribution in [1.82, 2.24) is 15.2 Å². The van der Waals surface area contributed by atoms with Gasteiger partial charge in [0, 0.05) is 24.2 Å². The van der Waals surface area contributed by atoms with Crippen LogP contribution in [0.3, 0.4) is 0 Å². The molecule has 2 aliphatic rings. The van der Waals surface area contributed by atoms with E-state index < -0.39 is 6.04 Å². The summed E-state index contributed by atoms with van der Waals surface area (Å²) in [6.45, 7) is 4.67. The maximum absolute atomic E-state index is 15.1. The Balaban J connectivity index is 1.72. The molecule has 32 heavy (non-hydrogen) atoms. The molecule has 0 amide bonds. The number of nitrogens with zero attached hydrogens (tertiary/aromatic N) is 5. The molecule has 2 atom stereocenters. The third-order valence-electron chi connectivity index (χ3n) is 5.89. The summed E-state index contributed by atoms with van der Waals surface area (Å²) < 4.78 is 15.1. The Morgan fingerprint density at radius 1 is 1.34 bits per heavy atom. The smallest absolute Gasteiger partial charge is 0.211 e. The van der Waals surface area contributed by atoms with Crippen LogP contribution in [-0.2, 0) is 6.54 Å². The zero-order valence-electron chi connectivity index (χ0n) is 17.7. The van der Waals surface area contributed by atoms with Gasteiger partial charge in [0.15, 0.2) is 6.19 Å². The number of benzene rings is 1. The van der Waals surface area contributed by atoms with Gasteiger partial charge >= 0.3 is 0 Å². The number of hydrogen-bond acceptors (Lipinski definition) is 9. The molecule has 0 bridgehead atoms. The first-order valence-corrected chi connectivity index (χ1v) is 10.4. The predicted molar refractivity (Wildman–Crippen MR) is 120 cm³/mol. The van der Waals surface area contributed by atoms with Crippen LogP contribution >= 0.6 is 0 Å². The van der Waals surface area contributed by atoms with E-state index in [0.29, 0.717) is 29.2 Å². The minimum Gasteiger partial charge on any atom is -0.397 e. The van der Waals surface area contributed by atoms with Gasteiger partial charge in [0.1, 0.15) is 35.1 Å². The Kier molecular flexibility index (Phi) is 5.80. The molecule has 0 radical (unpaired) electrons. The number of nitrogens with one attached hydrogen (secondary N) is 2. The van der Waals surface area contributed by atoms with Gasteiger partial charge in [-0.15, -0.1) is 0 Å². The lowest BCUT2D eigenvalue weighted by Crippen LogP contribution is -2.34. The molecule has 2 unspecified atom stereocenters. The molecule has 2 aliphatic heterocycles. The second-order valence-corrected chi connectivity index (χ2v) is 8.24. The van der Waals surface area contributed by atoms with E-state index in [-0.39, 0.29) is 34.7 Å². The summed E-state index contributed by atoms with van der Waals surface area (Å²) in [5.74, 6) is 0.630. The van der Waals surface area contributed by atoms with Crippen LogP contribution in [0.15, 0.2) is 23.2 Å². The van der Waals surface area contributed by atoms with Crippen LogP contribution in [0.4, 0.5) is 21.7 Å². The molecule has 1 saturated heterocycles. The number of rotatable bonds is 3. The van der Waals surface area contributed by atoms with Gasteiger partial charge in [-0.3, -0.25) is 10.2 Å². The fraction of sp³-hybridized carbons (Fsp3) is 0.364. The lowest BCUT2D eigenvalue weighted by Gasteiger charge is -2.31. The zero-order valence-corrected chi connectivity index (χ0v) is 17.7. The van der Waals surface area contributed by atoms with Crippen LogP contribution in [0, 0.1) is 34.5 Å². The predicted octanol–water partition coefficient (Wildman–Crippen LogP) is 2.43. The van der Waals surface area contributed by atoms with Crippen LogP contribution in [0.5, 0.6) is 0 Å². The lowest BCUT2D eigenvalue weighted by molar-refractivity contribution is 0.175. The van der Waals surface area contributed by atoms with E-state index in [1.54, 1.807) is 18.3 Å². The van der Waals surface area contributed by atoms with Crippen molar-refractivity contribution in [2.75, 3.05) is 29.9 Å². The topological polar surface area (TPSA) is 152 Å². The molecule has 10 heteroatoms. The normalized spacial score (nSPS) is 20.3. The summed E-state index contributed by atoms with van der Waals surface area (Å²) in [4.78, 5) is 10.9. The monoisotopic (exact) mass is 433 g/mol. The SMILES string of the molecule is CC1CCCN(Cc2ccc(C3N=C(NC#N)Nc4nc(N)c(C#N)c(N)c43)cc2F)C1. The van der Waals surface area contributed by atoms with Gasteiger partial charge in [0.2, 0.25) is 5.96 Å². The summed E-state index contributed by atoms with van der Waals surface area (Å²) in [6.07, 6.45) is 4.12. The fourth-order valence-electron chi connectivity index (χ4n) is 4.36. The number of anilines is 3. The first kappa shape index (κ1) is 21.3. The Morgan fingerprint density at radius 2 is 2.16 bits per heavy atom. The van der Waals surface area contributed by atoms with Gasteiger partial charge in [-0.2, -0.15) is 10.5 Å². The van der Waals surface area contributed by atoms with Crippen LogP contribution in [0.2, 0.25) is 0 Å². The van der Waals surface area contributed by atoms with Gasteiger partial charge in [0.05, 0.1) is 5.69 Å². The molecular weight excluding hydrogens is 409 g/mol.